The molecule has 19 heavy (non-hydrogen) atoms. The minimum Gasteiger partial charge on any atom is -0.458 e. The summed E-state index contributed by atoms with van der Waals surface area (Å²) in [5, 5.41) is 11.4. The zero-order chi connectivity index (χ0) is 13.2. The van der Waals surface area contributed by atoms with Crippen LogP contribution in [0.15, 0.2) is 28.7 Å². The van der Waals surface area contributed by atoms with Crippen molar-refractivity contribution in [3.05, 3.63) is 35.6 Å². The zero-order valence-corrected chi connectivity index (χ0v) is 11.3. The third-order valence-electron chi connectivity index (χ3n) is 3.92. The van der Waals surface area contributed by atoms with Crippen LogP contribution in [0.2, 0.25) is 0 Å². The van der Waals surface area contributed by atoms with E-state index in [1.165, 1.54) is 5.56 Å². The number of hydrogen-bond acceptors (Lipinski definition) is 3. The number of rotatable bonds is 3. The average Bonchev–Trinajstić information content (AvgIpc) is 2.83. The Balaban J connectivity index is 1.75. The maximum atomic E-state index is 10.3. The fraction of sp³-hybridized carbons (Fsp3) is 0.500. The van der Waals surface area contributed by atoms with Crippen molar-refractivity contribution in [3.8, 4) is 0 Å². The first-order valence-electron chi connectivity index (χ1n) is 6.98. The van der Waals surface area contributed by atoms with E-state index in [0.29, 0.717) is 11.7 Å². The summed E-state index contributed by atoms with van der Waals surface area (Å²) in [4.78, 5) is 0. The number of aliphatic hydroxyl groups is 1. The fourth-order valence-electron chi connectivity index (χ4n) is 2.76. The van der Waals surface area contributed by atoms with Crippen LogP contribution in [-0.4, -0.2) is 18.3 Å². The third-order valence-corrected chi connectivity index (χ3v) is 3.92. The molecule has 1 unspecified atom stereocenters. The molecule has 1 N–H and O–H groups in total. The Labute approximate surface area is 113 Å². The van der Waals surface area contributed by atoms with Gasteiger partial charge in [-0.05, 0) is 50.3 Å². The molecule has 0 radical (unpaired) electrons. The van der Waals surface area contributed by atoms with Gasteiger partial charge in [0.2, 0.25) is 0 Å². The van der Waals surface area contributed by atoms with Crippen molar-refractivity contribution in [1.82, 2.24) is 0 Å². The maximum absolute atomic E-state index is 10.3. The molecular weight excluding hydrogens is 240 g/mol. The molecule has 102 valence electrons. The van der Waals surface area contributed by atoms with E-state index in [9.17, 15) is 5.11 Å². The summed E-state index contributed by atoms with van der Waals surface area (Å²) >= 11 is 0. The van der Waals surface area contributed by atoms with Crippen LogP contribution >= 0.6 is 0 Å². The second-order valence-electron chi connectivity index (χ2n) is 5.50. The first kappa shape index (κ1) is 12.7. The van der Waals surface area contributed by atoms with E-state index >= 15 is 0 Å². The molecule has 0 spiro atoms. The molecule has 3 rings (SSSR count). The molecule has 1 aromatic carbocycles. The number of aliphatic hydroxyl groups excluding tert-OH is 1. The highest BCUT2D eigenvalue weighted by Crippen LogP contribution is 2.31. The summed E-state index contributed by atoms with van der Waals surface area (Å²) in [7, 11) is 0. The Bertz CT molecular complexity index is 552. The summed E-state index contributed by atoms with van der Waals surface area (Å²) in [5.41, 5.74) is 2.06. The Hall–Kier alpha value is -1.32. The van der Waals surface area contributed by atoms with Crippen LogP contribution < -0.4 is 0 Å². The second kappa shape index (κ2) is 5.35. The molecule has 1 aliphatic rings. The molecule has 1 saturated heterocycles. The summed E-state index contributed by atoms with van der Waals surface area (Å²) in [6, 6.07) is 8.05. The lowest BCUT2D eigenvalue weighted by molar-refractivity contribution is 0.0392. The predicted molar refractivity (Wildman–Crippen MR) is 74.1 cm³/mol. The molecule has 2 heterocycles. The van der Waals surface area contributed by atoms with Gasteiger partial charge in [-0.15, -0.1) is 0 Å². The normalized spacial score (nSPS) is 18.8. The van der Waals surface area contributed by atoms with Gasteiger partial charge in [0.1, 0.15) is 17.4 Å². The third kappa shape index (κ3) is 2.82. The smallest absolute Gasteiger partial charge is 0.134 e. The van der Waals surface area contributed by atoms with Crippen molar-refractivity contribution < 1.29 is 14.3 Å². The molecule has 3 heteroatoms. The van der Waals surface area contributed by atoms with Gasteiger partial charge in [0.15, 0.2) is 0 Å². The topological polar surface area (TPSA) is 42.6 Å². The van der Waals surface area contributed by atoms with E-state index in [2.05, 4.69) is 13.0 Å². The fourth-order valence-corrected chi connectivity index (χ4v) is 2.76. The number of ether oxygens (including phenoxy) is 1. The molecule has 1 fully saturated rings. The lowest BCUT2D eigenvalue weighted by Crippen LogP contribution is -2.17. The van der Waals surface area contributed by atoms with Gasteiger partial charge in [-0.25, -0.2) is 0 Å². The van der Waals surface area contributed by atoms with Crippen molar-refractivity contribution >= 4 is 11.0 Å². The zero-order valence-electron chi connectivity index (χ0n) is 11.3. The molecule has 1 aliphatic heterocycles. The molecule has 0 bridgehead atoms. The van der Waals surface area contributed by atoms with Gasteiger partial charge in [0.25, 0.3) is 0 Å². The summed E-state index contributed by atoms with van der Waals surface area (Å²) in [6.07, 6.45) is 2.34. The van der Waals surface area contributed by atoms with Crippen LogP contribution in [0.4, 0.5) is 0 Å². The monoisotopic (exact) mass is 260 g/mol. The molecule has 0 aliphatic carbocycles. The molecule has 0 amide bonds. The SMILES string of the molecule is Cc1ccc2oc(C(O)CC3CCOCC3)cc2c1. The van der Waals surface area contributed by atoms with Gasteiger partial charge in [0, 0.05) is 18.6 Å². The number of fused-ring (bicyclic) bond motifs is 1. The lowest BCUT2D eigenvalue weighted by atomic mass is 9.93. The van der Waals surface area contributed by atoms with Crippen LogP contribution in [0.1, 0.15) is 36.7 Å². The Kier molecular flexibility index (Phi) is 3.58. The van der Waals surface area contributed by atoms with Crippen LogP contribution in [0.5, 0.6) is 0 Å². The quantitative estimate of drug-likeness (QED) is 0.917. The minimum absolute atomic E-state index is 0.504. The van der Waals surface area contributed by atoms with Crippen LogP contribution in [0, 0.1) is 12.8 Å². The number of hydrogen-bond donors (Lipinski definition) is 1. The van der Waals surface area contributed by atoms with E-state index in [1.807, 2.05) is 18.2 Å². The number of furan rings is 1. The Morgan fingerprint density at radius 3 is 2.84 bits per heavy atom. The van der Waals surface area contributed by atoms with Crippen LogP contribution in [0.25, 0.3) is 11.0 Å². The number of aryl methyl sites for hydroxylation is 1. The second-order valence-corrected chi connectivity index (χ2v) is 5.50. The standard InChI is InChI=1S/C16H20O3/c1-11-2-3-15-13(8-11)10-16(19-15)14(17)9-12-4-6-18-7-5-12/h2-3,8,10,12,14,17H,4-7,9H2,1H3. The van der Waals surface area contributed by atoms with Crippen molar-refractivity contribution in [3.63, 3.8) is 0 Å². The first-order valence-corrected chi connectivity index (χ1v) is 6.98. The highest BCUT2D eigenvalue weighted by molar-refractivity contribution is 5.78. The van der Waals surface area contributed by atoms with E-state index in [0.717, 1.165) is 43.4 Å². The maximum Gasteiger partial charge on any atom is 0.134 e. The number of benzene rings is 1. The van der Waals surface area contributed by atoms with Gasteiger partial charge < -0.3 is 14.3 Å². The van der Waals surface area contributed by atoms with Gasteiger partial charge in [0.05, 0.1) is 0 Å². The van der Waals surface area contributed by atoms with Crippen LogP contribution in [-0.2, 0) is 4.74 Å². The lowest BCUT2D eigenvalue weighted by Gasteiger charge is -2.23. The highest BCUT2D eigenvalue weighted by Gasteiger charge is 2.21. The highest BCUT2D eigenvalue weighted by atomic mass is 16.5. The molecule has 1 atom stereocenters. The summed E-state index contributed by atoms with van der Waals surface area (Å²) in [5.74, 6) is 1.23. The van der Waals surface area contributed by atoms with Gasteiger partial charge in [-0.2, -0.15) is 0 Å². The van der Waals surface area contributed by atoms with Gasteiger partial charge in [-0.3, -0.25) is 0 Å². The first-order chi connectivity index (χ1) is 9.22. The average molecular weight is 260 g/mol. The predicted octanol–water partition coefficient (Wildman–Crippen LogP) is 3.59. The van der Waals surface area contributed by atoms with Crippen molar-refractivity contribution in [2.45, 2.75) is 32.3 Å². The molecular formula is C16H20O3. The van der Waals surface area contributed by atoms with Crippen LogP contribution in [0.3, 0.4) is 0 Å². The van der Waals surface area contributed by atoms with E-state index < -0.39 is 6.10 Å². The molecule has 0 saturated carbocycles. The minimum atomic E-state index is -0.504. The Morgan fingerprint density at radius 1 is 1.26 bits per heavy atom. The molecule has 2 aromatic rings. The van der Waals surface area contributed by atoms with E-state index in [4.69, 9.17) is 9.15 Å². The summed E-state index contributed by atoms with van der Waals surface area (Å²) < 4.78 is 11.1. The molecule has 3 nitrogen and oxygen atoms in total. The summed E-state index contributed by atoms with van der Waals surface area (Å²) in [6.45, 7) is 3.69. The Morgan fingerprint density at radius 2 is 2.05 bits per heavy atom. The largest absolute Gasteiger partial charge is 0.458 e. The van der Waals surface area contributed by atoms with Gasteiger partial charge >= 0.3 is 0 Å². The molecule has 1 aromatic heterocycles. The van der Waals surface area contributed by atoms with Gasteiger partial charge in [-0.1, -0.05) is 11.6 Å². The van der Waals surface area contributed by atoms with E-state index in [1.54, 1.807) is 0 Å². The van der Waals surface area contributed by atoms with Crippen molar-refractivity contribution in [2.75, 3.05) is 13.2 Å². The van der Waals surface area contributed by atoms with E-state index in [-0.39, 0.29) is 0 Å². The van der Waals surface area contributed by atoms with Crippen molar-refractivity contribution in [1.29, 1.82) is 0 Å². The van der Waals surface area contributed by atoms with Crippen molar-refractivity contribution in [2.24, 2.45) is 5.92 Å².